The highest BCUT2D eigenvalue weighted by Gasteiger charge is 2.37. The molecule has 2 aromatic rings. The minimum absolute atomic E-state index is 0.160. The lowest BCUT2D eigenvalue weighted by molar-refractivity contribution is -0.132. The average molecular weight is 406 g/mol. The van der Waals surface area contributed by atoms with Crippen LogP contribution in [0, 0.1) is 5.92 Å². The quantitative estimate of drug-likeness (QED) is 0.756. The Morgan fingerprint density at radius 1 is 1.00 bits per heavy atom. The standard InChI is InChI=1S/C22H22N4O4/c27-19(14-26-21(29)17-5-1-2-6-18(17)22(26)30)25-10-7-15(8-11-25)12-24-20(28)16-4-3-9-23-13-16/h1-6,9,13,15H,7-8,10-12,14H2,(H,24,28). The van der Waals surface area contributed by atoms with Crippen LogP contribution in [0.25, 0.3) is 0 Å². The smallest absolute Gasteiger partial charge is 0.262 e. The highest BCUT2D eigenvalue weighted by atomic mass is 16.2. The predicted octanol–water partition coefficient (Wildman–Crippen LogP) is 1.35. The van der Waals surface area contributed by atoms with E-state index in [1.54, 1.807) is 47.5 Å². The van der Waals surface area contributed by atoms with Crippen LogP contribution in [0.2, 0.25) is 0 Å². The van der Waals surface area contributed by atoms with Crippen molar-refractivity contribution in [2.75, 3.05) is 26.2 Å². The number of pyridine rings is 1. The fraction of sp³-hybridized carbons (Fsp3) is 0.318. The lowest BCUT2D eigenvalue weighted by Gasteiger charge is -2.32. The number of likely N-dealkylation sites (tertiary alicyclic amines) is 1. The van der Waals surface area contributed by atoms with E-state index in [-0.39, 0.29) is 24.3 Å². The molecule has 2 aliphatic rings. The van der Waals surface area contributed by atoms with Crippen LogP contribution in [-0.2, 0) is 4.79 Å². The van der Waals surface area contributed by atoms with Gasteiger partial charge in [-0.1, -0.05) is 12.1 Å². The maximum absolute atomic E-state index is 12.7. The van der Waals surface area contributed by atoms with E-state index in [0.717, 1.165) is 17.7 Å². The van der Waals surface area contributed by atoms with Crippen LogP contribution in [0.1, 0.15) is 43.9 Å². The van der Waals surface area contributed by atoms with Crippen molar-refractivity contribution in [3.05, 3.63) is 65.5 Å². The van der Waals surface area contributed by atoms with E-state index in [2.05, 4.69) is 10.3 Å². The first-order chi connectivity index (χ1) is 14.5. The number of hydrogen-bond acceptors (Lipinski definition) is 5. The molecule has 1 N–H and O–H groups in total. The van der Waals surface area contributed by atoms with Crippen molar-refractivity contribution in [3.63, 3.8) is 0 Å². The molecule has 154 valence electrons. The Morgan fingerprint density at radius 3 is 2.27 bits per heavy atom. The highest BCUT2D eigenvalue weighted by Crippen LogP contribution is 2.23. The van der Waals surface area contributed by atoms with Crippen LogP contribution in [0.3, 0.4) is 0 Å². The summed E-state index contributed by atoms with van der Waals surface area (Å²) >= 11 is 0. The van der Waals surface area contributed by atoms with E-state index >= 15 is 0 Å². The van der Waals surface area contributed by atoms with E-state index in [4.69, 9.17) is 0 Å². The largest absolute Gasteiger partial charge is 0.352 e. The van der Waals surface area contributed by atoms with Gasteiger partial charge in [0.05, 0.1) is 16.7 Å². The molecule has 8 nitrogen and oxygen atoms in total. The van der Waals surface area contributed by atoms with E-state index in [1.807, 2.05) is 0 Å². The van der Waals surface area contributed by atoms with Crippen LogP contribution in [-0.4, -0.2) is 64.6 Å². The van der Waals surface area contributed by atoms with E-state index in [0.29, 0.717) is 36.3 Å². The molecule has 0 aliphatic carbocycles. The third-order valence-electron chi connectivity index (χ3n) is 5.61. The van der Waals surface area contributed by atoms with Gasteiger partial charge in [-0.25, -0.2) is 0 Å². The second-order valence-corrected chi connectivity index (χ2v) is 7.52. The van der Waals surface area contributed by atoms with Gasteiger partial charge in [-0.15, -0.1) is 0 Å². The zero-order valence-electron chi connectivity index (χ0n) is 16.4. The Kier molecular flexibility index (Phi) is 5.56. The van der Waals surface area contributed by atoms with Gasteiger partial charge >= 0.3 is 0 Å². The Hall–Kier alpha value is -3.55. The number of piperidine rings is 1. The maximum atomic E-state index is 12.7. The zero-order valence-corrected chi connectivity index (χ0v) is 16.4. The molecule has 2 aliphatic heterocycles. The van der Waals surface area contributed by atoms with Crippen LogP contribution in [0.15, 0.2) is 48.8 Å². The molecule has 4 rings (SSSR count). The molecule has 3 heterocycles. The van der Waals surface area contributed by atoms with Gasteiger partial charge in [0.2, 0.25) is 5.91 Å². The van der Waals surface area contributed by atoms with Gasteiger partial charge in [0, 0.05) is 32.0 Å². The first-order valence-corrected chi connectivity index (χ1v) is 9.96. The van der Waals surface area contributed by atoms with Crippen molar-refractivity contribution in [2.24, 2.45) is 5.92 Å². The lowest BCUT2D eigenvalue weighted by atomic mass is 9.96. The number of nitrogens with zero attached hydrogens (tertiary/aromatic N) is 3. The van der Waals surface area contributed by atoms with Crippen LogP contribution < -0.4 is 5.32 Å². The van der Waals surface area contributed by atoms with Crippen molar-refractivity contribution in [1.29, 1.82) is 0 Å². The van der Waals surface area contributed by atoms with E-state index < -0.39 is 11.8 Å². The Labute approximate surface area is 173 Å². The van der Waals surface area contributed by atoms with E-state index in [9.17, 15) is 19.2 Å². The minimum Gasteiger partial charge on any atom is -0.352 e. The summed E-state index contributed by atoms with van der Waals surface area (Å²) < 4.78 is 0. The van der Waals surface area contributed by atoms with E-state index in [1.165, 1.54) is 6.20 Å². The molecule has 8 heteroatoms. The third-order valence-corrected chi connectivity index (χ3v) is 5.61. The van der Waals surface area contributed by atoms with Crippen molar-refractivity contribution in [1.82, 2.24) is 20.1 Å². The average Bonchev–Trinajstić information content (AvgIpc) is 3.03. The van der Waals surface area contributed by atoms with Crippen molar-refractivity contribution < 1.29 is 19.2 Å². The first-order valence-electron chi connectivity index (χ1n) is 9.96. The Balaban J connectivity index is 1.25. The van der Waals surface area contributed by atoms with Crippen molar-refractivity contribution in [2.45, 2.75) is 12.8 Å². The van der Waals surface area contributed by atoms with Crippen molar-refractivity contribution in [3.8, 4) is 0 Å². The molecule has 1 aromatic heterocycles. The van der Waals surface area contributed by atoms with Crippen molar-refractivity contribution >= 4 is 23.6 Å². The second kappa shape index (κ2) is 8.44. The molecule has 0 bridgehead atoms. The Bertz CT molecular complexity index is 949. The molecule has 0 atom stereocenters. The van der Waals surface area contributed by atoms with Gasteiger partial charge in [0.25, 0.3) is 17.7 Å². The molecule has 1 fully saturated rings. The number of rotatable bonds is 5. The summed E-state index contributed by atoms with van der Waals surface area (Å²) in [7, 11) is 0. The highest BCUT2D eigenvalue weighted by molar-refractivity contribution is 6.22. The van der Waals surface area contributed by atoms with Gasteiger partial charge in [-0.05, 0) is 43.0 Å². The van der Waals surface area contributed by atoms with Gasteiger partial charge in [-0.3, -0.25) is 29.1 Å². The summed E-state index contributed by atoms with van der Waals surface area (Å²) in [6.45, 7) is 1.37. The van der Waals surface area contributed by atoms with Gasteiger partial charge in [0.1, 0.15) is 6.54 Å². The number of carbonyl (C=O) groups is 4. The number of hydrogen-bond donors (Lipinski definition) is 1. The van der Waals surface area contributed by atoms with Crippen LogP contribution in [0.5, 0.6) is 0 Å². The Morgan fingerprint density at radius 2 is 1.67 bits per heavy atom. The molecule has 4 amide bonds. The summed E-state index contributed by atoms with van der Waals surface area (Å²) in [5.41, 5.74) is 1.21. The van der Waals surface area contributed by atoms with Crippen LogP contribution in [0.4, 0.5) is 0 Å². The summed E-state index contributed by atoms with van der Waals surface area (Å²) in [6.07, 6.45) is 4.64. The molecule has 0 saturated carbocycles. The molecule has 0 spiro atoms. The maximum Gasteiger partial charge on any atom is 0.262 e. The number of benzene rings is 1. The molecule has 30 heavy (non-hydrogen) atoms. The predicted molar refractivity (Wildman–Crippen MR) is 108 cm³/mol. The topological polar surface area (TPSA) is 99.7 Å². The van der Waals surface area contributed by atoms with Crippen LogP contribution >= 0.6 is 0 Å². The second-order valence-electron chi connectivity index (χ2n) is 7.52. The summed E-state index contributed by atoms with van der Waals surface area (Å²) in [4.78, 5) is 56.3. The molecule has 1 aromatic carbocycles. The minimum atomic E-state index is -0.419. The summed E-state index contributed by atoms with van der Waals surface area (Å²) in [6, 6.07) is 10.0. The molecule has 0 unspecified atom stereocenters. The molecular weight excluding hydrogens is 384 g/mol. The lowest BCUT2D eigenvalue weighted by Crippen LogP contribution is -2.46. The normalized spacial score (nSPS) is 16.5. The number of nitrogens with one attached hydrogen (secondary N) is 1. The van der Waals surface area contributed by atoms with Gasteiger partial charge in [-0.2, -0.15) is 0 Å². The fourth-order valence-corrected chi connectivity index (χ4v) is 3.84. The summed E-state index contributed by atoms with van der Waals surface area (Å²) in [5.74, 6) is -0.961. The molecule has 1 saturated heterocycles. The SMILES string of the molecule is O=C(NCC1CCN(C(=O)CN2C(=O)c3ccccc3C2=O)CC1)c1cccnc1. The fourth-order valence-electron chi connectivity index (χ4n) is 3.84. The number of imide groups is 1. The zero-order chi connectivity index (χ0) is 21.1. The van der Waals surface area contributed by atoms with Gasteiger partial charge < -0.3 is 10.2 Å². The first kappa shape index (κ1) is 19.8. The number of carbonyl (C=O) groups excluding carboxylic acids is 4. The number of fused-ring (bicyclic) bond motifs is 1. The van der Waals surface area contributed by atoms with Gasteiger partial charge in [0.15, 0.2) is 0 Å². The molecular formula is C22H22N4O4. The number of aromatic nitrogens is 1. The third kappa shape index (κ3) is 3.94. The molecule has 0 radical (unpaired) electrons. The summed E-state index contributed by atoms with van der Waals surface area (Å²) in [5, 5.41) is 2.91. The monoisotopic (exact) mass is 406 g/mol. The number of amides is 4.